The summed E-state index contributed by atoms with van der Waals surface area (Å²) in [4.78, 5) is 16.4. The molecule has 0 spiro atoms. The number of hydrogen-bond donors (Lipinski definition) is 1. The number of hydrogen-bond acceptors (Lipinski definition) is 4. The van der Waals surface area contributed by atoms with Crippen LogP contribution in [0.2, 0.25) is 0 Å². The summed E-state index contributed by atoms with van der Waals surface area (Å²) < 4.78 is 34.4. The van der Waals surface area contributed by atoms with Crippen molar-refractivity contribution in [2.24, 2.45) is 0 Å². The first-order valence-electron chi connectivity index (χ1n) is 10.6. The summed E-state index contributed by atoms with van der Waals surface area (Å²) in [6.07, 6.45) is 2.69. The van der Waals surface area contributed by atoms with Crippen molar-refractivity contribution >= 4 is 11.5 Å². The maximum Gasteiger partial charge on any atom is 0.309 e. The molecule has 5 nitrogen and oxygen atoms in total. The first kappa shape index (κ1) is 22.6. The number of nitrogens with zero attached hydrogens (tertiary/aromatic N) is 2. The second-order valence-electron chi connectivity index (χ2n) is 8.09. The van der Waals surface area contributed by atoms with E-state index in [0.717, 1.165) is 16.8 Å². The molecule has 2 heterocycles. The molecule has 1 saturated heterocycles. The van der Waals surface area contributed by atoms with E-state index in [2.05, 4.69) is 6.58 Å². The number of aromatic nitrogens is 2. The Morgan fingerprint density at radius 3 is 2.33 bits per heavy atom. The Hall–Kier alpha value is -3.58. The van der Waals surface area contributed by atoms with Crippen molar-refractivity contribution in [2.75, 3.05) is 0 Å². The highest BCUT2D eigenvalue weighted by Crippen LogP contribution is 2.35. The summed E-state index contributed by atoms with van der Waals surface area (Å²) in [7, 11) is 0. The maximum atomic E-state index is 13.6. The number of carbonyl (C=O) groups is 1. The first-order valence-corrected chi connectivity index (χ1v) is 10.6. The van der Waals surface area contributed by atoms with Crippen LogP contribution in [0.4, 0.5) is 8.78 Å². The summed E-state index contributed by atoms with van der Waals surface area (Å²) in [6, 6.07) is 12.1. The van der Waals surface area contributed by atoms with Gasteiger partial charge in [0.1, 0.15) is 23.6 Å². The zero-order valence-electron chi connectivity index (χ0n) is 18.2. The maximum absolute atomic E-state index is 13.6. The molecule has 0 amide bonds. The highest BCUT2D eigenvalue weighted by atomic mass is 19.1. The lowest BCUT2D eigenvalue weighted by Gasteiger charge is -2.23. The molecule has 0 radical (unpaired) electrons. The number of cyclic esters (lactones) is 1. The molecular weight excluding hydrogens is 426 g/mol. The Labute approximate surface area is 190 Å². The van der Waals surface area contributed by atoms with E-state index in [-0.39, 0.29) is 18.1 Å². The van der Waals surface area contributed by atoms with Crippen molar-refractivity contribution in [3.8, 4) is 22.5 Å². The molecule has 7 heteroatoms. The van der Waals surface area contributed by atoms with Gasteiger partial charge in [0.05, 0.1) is 23.9 Å². The SMILES string of the molecule is C=C(C)c1nc(-c2ccc(F)cc2)c(-c2ccc(F)cc2)n1CC=CC1CC(O)CC(=O)O1. The van der Waals surface area contributed by atoms with Gasteiger partial charge in [-0.1, -0.05) is 12.7 Å². The van der Waals surface area contributed by atoms with Crippen LogP contribution in [0.3, 0.4) is 0 Å². The fourth-order valence-electron chi connectivity index (χ4n) is 3.91. The third-order valence-electron chi connectivity index (χ3n) is 5.41. The zero-order valence-corrected chi connectivity index (χ0v) is 18.2. The third kappa shape index (κ3) is 5.09. The third-order valence-corrected chi connectivity index (χ3v) is 5.41. The topological polar surface area (TPSA) is 64.3 Å². The number of imidazole rings is 1. The number of rotatable bonds is 6. The standard InChI is InChI=1S/C26H24F2N2O3/c1-16(2)26-29-24(17-5-9-19(27)10-6-17)25(18-7-11-20(28)12-8-18)30(26)13-3-4-22-14-21(31)15-23(32)33-22/h3-12,21-22,31H,1,13-15H2,2H3. The van der Waals surface area contributed by atoms with Crippen molar-refractivity contribution in [1.29, 1.82) is 0 Å². The van der Waals surface area contributed by atoms with Crippen LogP contribution < -0.4 is 0 Å². The van der Waals surface area contributed by atoms with Gasteiger partial charge in [-0.15, -0.1) is 0 Å². The normalized spacial score (nSPS) is 18.5. The highest BCUT2D eigenvalue weighted by molar-refractivity contribution is 5.81. The van der Waals surface area contributed by atoms with E-state index in [0.29, 0.717) is 30.0 Å². The Morgan fingerprint density at radius 1 is 1.15 bits per heavy atom. The van der Waals surface area contributed by atoms with Crippen LogP contribution in [-0.2, 0) is 16.1 Å². The molecule has 1 aliphatic rings. The summed E-state index contributed by atoms with van der Waals surface area (Å²) in [5.74, 6) is -0.516. The van der Waals surface area contributed by atoms with Gasteiger partial charge in [-0.3, -0.25) is 4.79 Å². The Bertz CT molecular complexity index is 1200. The predicted molar refractivity (Wildman–Crippen MR) is 122 cm³/mol. The van der Waals surface area contributed by atoms with Crippen LogP contribution in [-0.4, -0.2) is 32.8 Å². The van der Waals surface area contributed by atoms with Crippen LogP contribution in [0.15, 0.2) is 67.3 Å². The van der Waals surface area contributed by atoms with Gasteiger partial charge in [0.2, 0.25) is 0 Å². The van der Waals surface area contributed by atoms with Gasteiger partial charge in [0, 0.05) is 24.1 Å². The average molecular weight is 450 g/mol. The highest BCUT2D eigenvalue weighted by Gasteiger charge is 2.25. The van der Waals surface area contributed by atoms with Gasteiger partial charge in [-0.2, -0.15) is 0 Å². The minimum absolute atomic E-state index is 0.00140. The quantitative estimate of drug-likeness (QED) is 0.417. The molecule has 1 fully saturated rings. The van der Waals surface area contributed by atoms with Crippen LogP contribution >= 0.6 is 0 Å². The smallest absolute Gasteiger partial charge is 0.309 e. The van der Waals surface area contributed by atoms with Crippen LogP contribution in [0.5, 0.6) is 0 Å². The molecule has 1 N–H and O–H groups in total. The number of allylic oxidation sites excluding steroid dienone is 2. The van der Waals surface area contributed by atoms with E-state index in [1.54, 1.807) is 30.3 Å². The van der Waals surface area contributed by atoms with Crippen molar-refractivity contribution in [3.05, 3.63) is 84.7 Å². The van der Waals surface area contributed by atoms with Crippen molar-refractivity contribution in [3.63, 3.8) is 0 Å². The van der Waals surface area contributed by atoms with Crippen LogP contribution in [0.25, 0.3) is 28.1 Å². The summed E-state index contributed by atoms with van der Waals surface area (Å²) in [5, 5.41) is 9.83. The molecule has 2 atom stereocenters. The zero-order chi connectivity index (χ0) is 23.5. The summed E-state index contributed by atoms with van der Waals surface area (Å²) >= 11 is 0. The van der Waals surface area contributed by atoms with Crippen molar-refractivity contribution < 1.29 is 23.4 Å². The molecule has 0 bridgehead atoms. The average Bonchev–Trinajstić information content (AvgIpc) is 3.14. The second kappa shape index (κ2) is 9.50. The molecule has 0 saturated carbocycles. The number of halogens is 2. The first-order chi connectivity index (χ1) is 15.8. The monoisotopic (exact) mass is 450 g/mol. The van der Waals surface area contributed by atoms with E-state index in [4.69, 9.17) is 9.72 Å². The van der Waals surface area contributed by atoms with E-state index in [1.807, 2.05) is 17.6 Å². The van der Waals surface area contributed by atoms with Crippen LogP contribution in [0.1, 0.15) is 25.6 Å². The Morgan fingerprint density at radius 2 is 1.76 bits per heavy atom. The molecule has 3 aromatic rings. The lowest BCUT2D eigenvalue weighted by atomic mass is 10.0. The number of benzene rings is 2. The predicted octanol–water partition coefficient (Wildman–Crippen LogP) is 5.15. The van der Waals surface area contributed by atoms with E-state index in [9.17, 15) is 18.7 Å². The fraction of sp³-hybridized carbons (Fsp3) is 0.231. The molecule has 170 valence electrons. The van der Waals surface area contributed by atoms with Gasteiger partial charge in [0.15, 0.2) is 0 Å². The van der Waals surface area contributed by atoms with E-state index >= 15 is 0 Å². The number of aliphatic hydroxyl groups is 1. The number of carbonyl (C=O) groups excluding carboxylic acids is 1. The summed E-state index contributed by atoms with van der Waals surface area (Å²) in [6.45, 7) is 6.25. The van der Waals surface area contributed by atoms with Gasteiger partial charge < -0.3 is 14.4 Å². The molecular formula is C26H24F2N2O3. The largest absolute Gasteiger partial charge is 0.458 e. The van der Waals surface area contributed by atoms with E-state index in [1.165, 1.54) is 24.3 Å². The molecule has 1 aromatic heterocycles. The Balaban J connectivity index is 1.78. The van der Waals surface area contributed by atoms with Gasteiger partial charge >= 0.3 is 5.97 Å². The minimum Gasteiger partial charge on any atom is -0.458 e. The second-order valence-corrected chi connectivity index (χ2v) is 8.09. The molecule has 1 aliphatic heterocycles. The lowest BCUT2D eigenvalue weighted by molar-refractivity contribution is -0.156. The fourth-order valence-corrected chi connectivity index (χ4v) is 3.91. The molecule has 2 unspecified atom stereocenters. The van der Waals surface area contributed by atoms with Crippen molar-refractivity contribution in [1.82, 2.24) is 9.55 Å². The minimum atomic E-state index is -0.722. The number of aliphatic hydroxyl groups excluding tert-OH is 1. The van der Waals surface area contributed by atoms with Crippen LogP contribution in [0, 0.1) is 11.6 Å². The number of esters is 1. The molecule has 0 aliphatic carbocycles. The van der Waals surface area contributed by atoms with Crippen molar-refractivity contribution in [2.45, 2.75) is 38.5 Å². The van der Waals surface area contributed by atoms with Gasteiger partial charge in [0.25, 0.3) is 0 Å². The molecule has 4 rings (SSSR count). The van der Waals surface area contributed by atoms with E-state index < -0.39 is 18.2 Å². The lowest BCUT2D eigenvalue weighted by Crippen LogP contribution is -2.31. The number of ether oxygens (including phenoxy) is 1. The summed E-state index contributed by atoms with van der Waals surface area (Å²) in [5.41, 5.74) is 3.52. The van der Waals surface area contributed by atoms with Gasteiger partial charge in [-0.25, -0.2) is 13.8 Å². The molecule has 2 aromatic carbocycles. The molecule has 33 heavy (non-hydrogen) atoms. The Kier molecular flexibility index (Phi) is 6.51. The van der Waals surface area contributed by atoms with Gasteiger partial charge in [-0.05, 0) is 67.1 Å².